The first-order valence-electron chi connectivity index (χ1n) is 23.9. The largest absolute Gasteiger partial charge is 0.465 e. The summed E-state index contributed by atoms with van der Waals surface area (Å²) in [4.78, 5) is 27.5. The van der Waals surface area contributed by atoms with Crippen LogP contribution < -0.4 is 0 Å². The molecule has 0 aromatic carbocycles. The van der Waals surface area contributed by atoms with Crippen molar-refractivity contribution in [1.82, 2.24) is 4.90 Å². The Hall–Kier alpha value is -1.14. The second kappa shape index (κ2) is 40.1. The summed E-state index contributed by atoms with van der Waals surface area (Å²) >= 11 is 0. The molecule has 0 saturated carbocycles. The average Bonchev–Trinajstić information content (AvgIpc) is 3.16. The number of aliphatic hydroxyl groups is 1. The maximum Gasteiger partial charge on any atom is 0.305 e. The summed E-state index contributed by atoms with van der Waals surface area (Å²) in [6.45, 7) is 15.9. The molecular weight excluding hydrogens is 671 g/mol. The molecule has 0 unspecified atom stereocenters. The van der Waals surface area contributed by atoms with Gasteiger partial charge in [-0.15, -0.1) is 0 Å². The summed E-state index contributed by atoms with van der Waals surface area (Å²) in [6.07, 6.45) is 38.7. The minimum atomic E-state index is -0.0311. The second-order valence-corrected chi connectivity index (χ2v) is 17.6. The third-order valence-corrected chi connectivity index (χ3v) is 11.3. The average molecular weight is 766 g/mol. The van der Waals surface area contributed by atoms with Gasteiger partial charge in [-0.2, -0.15) is 0 Å². The number of carbonyl (C=O) groups is 2. The van der Waals surface area contributed by atoms with E-state index in [-0.39, 0.29) is 24.0 Å². The first kappa shape index (κ1) is 52.9. The number of hydrogen-bond donors (Lipinski definition) is 1. The van der Waals surface area contributed by atoms with Crippen LogP contribution in [0.15, 0.2) is 0 Å². The lowest BCUT2D eigenvalue weighted by atomic mass is 9.88. The molecule has 322 valence electrons. The lowest BCUT2D eigenvalue weighted by molar-refractivity contribution is -0.147. The molecule has 0 atom stereocenters. The highest BCUT2D eigenvalue weighted by atomic mass is 16.5. The van der Waals surface area contributed by atoms with Crippen molar-refractivity contribution in [2.75, 3.05) is 39.5 Å². The minimum absolute atomic E-state index is 0.00126. The molecule has 0 aliphatic heterocycles. The van der Waals surface area contributed by atoms with Gasteiger partial charge in [0.25, 0.3) is 0 Å². The van der Waals surface area contributed by atoms with E-state index >= 15 is 0 Å². The fourth-order valence-corrected chi connectivity index (χ4v) is 7.52. The summed E-state index contributed by atoms with van der Waals surface area (Å²) in [7, 11) is 0. The van der Waals surface area contributed by atoms with Crippen LogP contribution in [0.5, 0.6) is 0 Å². The Labute approximate surface area is 337 Å². The van der Waals surface area contributed by atoms with Gasteiger partial charge in [0.05, 0.1) is 13.2 Å². The van der Waals surface area contributed by atoms with E-state index in [1.807, 2.05) is 0 Å². The van der Waals surface area contributed by atoms with E-state index in [1.54, 1.807) is 0 Å². The number of carbonyl (C=O) groups excluding carboxylic acids is 2. The van der Waals surface area contributed by atoms with Gasteiger partial charge in [0, 0.05) is 19.4 Å². The van der Waals surface area contributed by atoms with Crippen molar-refractivity contribution >= 4 is 11.9 Å². The first-order valence-corrected chi connectivity index (χ1v) is 23.9. The predicted octanol–water partition coefficient (Wildman–Crippen LogP) is 13.9. The van der Waals surface area contributed by atoms with Crippen LogP contribution in [-0.4, -0.2) is 61.4 Å². The van der Waals surface area contributed by atoms with Crippen molar-refractivity contribution in [1.29, 1.82) is 0 Å². The number of rotatable bonds is 43. The first-order chi connectivity index (χ1) is 26.3. The molecule has 0 rings (SSSR count). The molecule has 0 radical (unpaired) electrons. The topological polar surface area (TPSA) is 76.1 Å². The minimum Gasteiger partial charge on any atom is -0.465 e. The predicted molar refractivity (Wildman–Crippen MR) is 232 cm³/mol. The van der Waals surface area contributed by atoms with E-state index in [1.165, 1.54) is 135 Å². The molecule has 1 N–H and O–H groups in total. The molecule has 6 nitrogen and oxygen atoms in total. The third kappa shape index (κ3) is 37.8. The number of hydrogen-bond acceptors (Lipinski definition) is 6. The van der Waals surface area contributed by atoms with Crippen LogP contribution in [-0.2, 0) is 19.1 Å². The van der Waals surface area contributed by atoms with Gasteiger partial charge in [-0.05, 0) is 88.8 Å². The quantitative estimate of drug-likeness (QED) is 0.0492. The number of esters is 2. The maximum atomic E-state index is 12.6. The van der Waals surface area contributed by atoms with E-state index in [4.69, 9.17) is 9.47 Å². The van der Waals surface area contributed by atoms with Gasteiger partial charge in [0.2, 0.25) is 0 Å². The zero-order chi connectivity index (χ0) is 39.8. The van der Waals surface area contributed by atoms with E-state index in [0.717, 1.165) is 83.8 Å². The molecule has 0 saturated heterocycles. The van der Waals surface area contributed by atoms with Gasteiger partial charge < -0.3 is 19.5 Å². The summed E-state index contributed by atoms with van der Waals surface area (Å²) in [5, 5.41) is 9.32. The Balaban J connectivity index is 4.27. The van der Waals surface area contributed by atoms with Gasteiger partial charge in [-0.1, -0.05) is 176 Å². The Morgan fingerprint density at radius 1 is 0.500 bits per heavy atom. The molecular formula is C48H95NO5. The summed E-state index contributed by atoms with van der Waals surface area (Å²) in [5.41, 5.74) is 0.0197. The molecule has 0 aliphatic carbocycles. The van der Waals surface area contributed by atoms with Crippen LogP contribution >= 0.6 is 0 Å². The molecule has 0 bridgehead atoms. The molecule has 0 heterocycles. The molecule has 0 aromatic heterocycles. The van der Waals surface area contributed by atoms with E-state index in [9.17, 15) is 14.7 Å². The summed E-state index contributed by atoms with van der Waals surface area (Å²) < 4.78 is 11.5. The van der Waals surface area contributed by atoms with Gasteiger partial charge in [0.15, 0.2) is 0 Å². The monoisotopic (exact) mass is 766 g/mol. The van der Waals surface area contributed by atoms with Crippen LogP contribution in [0.4, 0.5) is 0 Å². The second-order valence-electron chi connectivity index (χ2n) is 17.6. The fraction of sp³-hybridized carbons (Fsp3) is 0.958. The fourth-order valence-electron chi connectivity index (χ4n) is 7.52. The highest BCUT2D eigenvalue weighted by Gasteiger charge is 2.20. The summed E-state index contributed by atoms with van der Waals surface area (Å²) in [5.74, 6) is 0.501. The van der Waals surface area contributed by atoms with Crippen LogP contribution in [0, 0.1) is 11.3 Å². The van der Waals surface area contributed by atoms with E-state index in [2.05, 4.69) is 39.5 Å². The lowest BCUT2D eigenvalue weighted by Crippen LogP contribution is -2.27. The zero-order valence-corrected chi connectivity index (χ0v) is 37.2. The highest BCUT2D eigenvalue weighted by Crippen LogP contribution is 2.25. The van der Waals surface area contributed by atoms with Crippen molar-refractivity contribution < 1.29 is 24.2 Å². The molecule has 0 aliphatic rings. The number of ether oxygens (including phenoxy) is 2. The van der Waals surface area contributed by atoms with E-state index in [0.29, 0.717) is 32.0 Å². The molecule has 6 heteroatoms. The lowest BCUT2D eigenvalue weighted by Gasteiger charge is -2.25. The van der Waals surface area contributed by atoms with Gasteiger partial charge >= 0.3 is 11.9 Å². The molecule has 0 spiro atoms. The number of unbranched alkanes of at least 4 members (excludes halogenated alkanes) is 22. The Bertz CT molecular complexity index is 786. The molecule has 0 amide bonds. The highest BCUT2D eigenvalue weighted by molar-refractivity contribution is 5.69. The Kier molecular flexibility index (Phi) is 39.2. The standard InChI is InChI=1S/C48H95NO5/c1-6-9-12-15-18-21-27-37-47(52)54-44-48(4,5)38-29-24-31-40-49(41-32-33-42-50)39-30-23-22-28-36-46(51)53-43-45(34-25-19-16-13-10-7-2)35-26-20-17-14-11-8-3/h45,50H,6-44H2,1-5H3. The van der Waals surface area contributed by atoms with Crippen LogP contribution in [0.1, 0.15) is 247 Å². The Morgan fingerprint density at radius 2 is 0.889 bits per heavy atom. The van der Waals surface area contributed by atoms with Gasteiger partial charge in [0.1, 0.15) is 0 Å². The normalized spacial score (nSPS) is 11.9. The van der Waals surface area contributed by atoms with Crippen molar-refractivity contribution in [2.45, 2.75) is 247 Å². The smallest absolute Gasteiger partial charge is 0.305 e. The van der Waals surface area contributed by atoms with Gasteiger partial charge in [-0.25, -0.2) is 0 Å². The Morgan fingerprint density at radius 3 is 1.37 bits per heavy atom. The maximum absolute atomic E-state index is 12.6. The van der Waals surface area contributed by atoms with Gasteiger partial charge in [-0.3, -0.25) is 9.59 Å². The number of aliphatic hydroxyl groups excluding tert-OH is 1. The van der Waals surface area contributed by atoms with E-state index < -0.39 is 0 Å². The summed E-state index contributed by atoms with van der Waals surface area (Å²) in [6, 6.07) is 0. The van der Waals surface area contributed by atoms with Crippen molar-refractivity contribution in [2.24, 2.45) is 11.3 Å². The van der Waals surface area contributed by atoms with Crippen LogP contribution in [0.25, 0.3) is 0 Å². The van der Waals surface area contributed by atoms with Crippen molar-refractivity contribution in [3.63, 3.8) is 0 Å². The van der Waals surface area contributed by atoms with Crippen LogP contribution in [0.3, 0.4) is 0 Å². The van der Waals surface area contributed by atoms with Crippen molar-refractivity contribution in [3.8, 4) is 0 Å². The molecule has 0 aromatic rings. The third-order valence-electron chi connectivity index (χ3n) is 11.3. The van der Waals surface area contributed by atoms with Crippen molar-refractivity contribution in [3.05, 3.63) is 0 Å². The zero-order valence-electron chi connectivity index (χ0n) is 37.2. The SMILES string of the molecule is CCCCCCCCCC(=O)OCC(C)(C)CCCCCN(CCCCO)CCCCCCC(=O)OCC(CCCCCCCC)CCCCCCCC. The molecule has 0 fully saturated rings. The van der Waals surface area contributed by atoms with Crippen LogP contribution in [0.2, 0.25) is 0 Å². The number of nitrogens with zero attached hydrogens (tertiary/aromatic N) is 1. The molecule has 54 heavy (non-hydrogen) atoms.